The predicted octanol–water partition coefficient (Wildman–Crippen LogP) is 3.36. The van der Waals surface area contributed by atoms with Crippen molar-refractivity contribution in [3.8, 4) is 11.3 Å². The average molecular weight is 392 g/mol. The standard InChI is InChI=1S/C20H29N3O3S/c1-15-7-11-23(12-8-15)10-4-9-21-27(24,25)20-14-18(6-5-16(20)2)19-13-17(3)22-26-19/h5-6,13-15,21H,4,7-12H2,1-3H3. The molecule has 1 N–H and O–H groups in total. The lowest BCUT2D eigenvalue weighted by atomic mass is 9.99. The van der Waals surface area contributed by atoms with Crippen molar-refractivity contribution in [2.75, 3.05) is 26.2 Å². The molecule has 0 bridgehead atoms. The zero-order valence-electron chi connectivity index (χ0n) is 16.4. The molecular formula is C20H29N3O3S. The van der Waals surface area contributed by atoms with E-state index < -0.39 is 10.0 Å². The van der Waals surface area contributed by atoms with Crippen LogP contribution in [-0.4, -0.2) is 44.7 Å². The van der Waals surface area contributed by atoms with E-state index in [1.54, 1.807) is 25.1 Å². The van der Waals surface area contributed by atoms with Gasteiger partial charge in [-0.3, -0.25) is 0 Å². The van der Waals surface area contributed by atoms with Gasteiger partial charge in [-0.1, -0.05) is 24.2 Å². The van der Waals surface area contributed by atoms with Crippen molar-refractivity contribution in [1.29, 1.82) is 0 Å². The Hall–Kier alpha value is -1.70. The minimum atomic E-state index is -3.56. The number of aryl methyl sites for hydroxylation is 2. The topological polar surface area (TPSA) is 75.4 Å². The number of sulfonamides is 1. The molecule has 1 aliphatic heterocycles. The predicted molar refractivity (Wildman–Crippen MR) is 106 cm³/mol. The minimum absolute atomic E-state index is 0.292. The van der Waals surface area contributed by atoms with Crippen LogP contribution in [0.2, 0.25) is 0 Å². The van der Waals surface area contributed by atoms with E-state index in [-0.39, 0.29) is 0 Å². The van der Waals surface area contributed by atoms with Crippen LogP contribution in [0.15, 0.2) is 33.7 Å². The molecule has 0 aliphatic carbocycles. The van der Waals surface area contributed by atoms with Gasteiger partial charge in [-0.25, -0.2) is 13.1 Å². The third-order valence-electron chi connectivity index (χ3n) is 5.21. The Morgan fingerprint density at radius 3 is 2.63 bits per heavy atom. The zero-order valence-corrected chi connectivity index (χ0v) is 17.2. The maximum absolute atomic E-state index is 12.8. The summed E-state index contributed by atoms with van der Waals surface area (Å²) in [6.45, 7) is 9.55. The summed E-state index contributed by atoms with van der Waals surface area (Å²) in [7, 11) is -3.56. The number of hydrogen-bond acceptors (Lipinski definition) is 5. The van der Waals surface area contributed by atoms with Crippen molar-refractivity contribution < 1.29 is 12.9 Å². The number of hydrogen-bond donors (Lipinski definition) is 1. The van der Waals surface area contributed by atoms with Crippen LogP contribution in [-0.2, 0) is 10.0 Å². The van der Waals surface area contributed by atoms with E-state index in [2.05, 4.69) is 21.7 Å². The molecule has 0 radical (unpaired) electrons. The largest absolute Gasteiger partial charge is 0.356 e. The molecule has 1 aromatic heterocycles. The number of rotatable bonds is 7. The molecule has 7 heteroatoms. The Balaban J connectivity index is 1.60. The van der Waals surface area contributed by atoms with Crippen molar-refractivity contribution >= 4 is 10.0 Å². The fourth-order valence-electron chi connectivity index (χ4n) is 3.42. The second kappa shape index (κ2) is 8.54. The van der Waals surface area contributed by atoms with Gasteiger partial charge in [0.05, 0.1) is 10.6 Å². The average Bonchev–Trinajstić information content (AvgIpc) is 3.07. The molecule has 0 atom stereocenters. The SMILES string of the molecule is Cc1cc(-c2ccc(C)c(S(=O)(=O)NCCCN3CCC(C)CC3)c2)on1. The fourth-order valence-corrected chi connectivity index (χ4v) is 4.76. The first-order chi connectivity index (χ1) is 12.8. The molecule has 0 amide bonds. The van der Waals surface area contributed by atoms with Crippen molar-refractivity contribution in [2.24, 2.45) is 5.92 Å². The smallest absolute Gasteiger partial charge is 0.240 e. The molecule has 1 fully saturated rings. The van der Waals surface area contributed by atoms with Crippen LogP contribution in [0, 0.1) is 19.8 Å². The Morgan fingerprint density at radius 2 is 1.96 bits per heavy atom. The number of piperidine rings is 1. The van der Waals surface area contributed by atoms with Gasteiger partial charge in [-0.05, 0) is 70.3 Å². The van der Waals surface area contributed by atoms with Crippen LogP contribution >= 0.6 is 0 Å². The third-order valence-corrected chi connectivity index (χ3v) is 6.81. The number of likely N-dealkylation sites (tertiary alicyclic amines) is 1. The van der Waals surface area contributed by atoms with Gasteiger partial charge >= 0.3 is 0 Å². The number of nitrogens with zero attached hydrogens (tertiary/aromatic N) is 2. The lowest BCUT2D eigenvalue weighted by Crippen LogP contribution is -2.35. The summed E-state index contributed by atoms with van der Waals surface area (Å²) in [5, 5.41) is 3.87. The molecular weight excluding hydrogens is 362 g/mol. The Labute approximate surface area is 162 Å². The summed E-state index contributed by atoms with van der Waals surface area (Å²) in [4.78, 5) is 2.72. The van der Waals surface area contributed by atoms with E-state index in [9.17, 15) is 8.42 Å². The van der Waals surface area contributed by atoms with Crippen LogP contribution in [0.25, 0.3) is 11.3 Å². The van der Waals surface area contributed by atoms with E-state index in [0.29, 0.717) is 28.3 Å². The van der Waals surface area contributed by atoms with Crippen molar-refractivity contribution in [3.05, 3.63) is 35.5 Å². The zero-order chi connectivity index (χ0) is 19.4. The lowest BCUT2D eigenvalue weighted by molar-refractivity contribution is 0.191. The minimum Gasteiger partial charge on any atom is -0.356 e. The molecule has 1 saturated heterocycles. The third kappa shape index (κ3) is 5.18. The lowest BCUT2D eigenvalue weighted by Gasteiger charge is -2.30. The highest BCUT2D eigenvalue weighted by molar-refractivity contribution is 7.89. The van der Waals surface area contributed by atoms with E-state index in [1.165, 1.54) is 12.8 Å². The fraction of sp³-hybridized carbons (Fsp3) is 0.550. The Bertz CT molecular complexity index is 868. The molecule has 3 rings (SSSR count). The van der Waals surface area contributed by atoms with Gasteiger partial charge in [0.2, 0.25) is 10.0 Å². The van der Waals surface area contributed by atoms with Crippen molar-refractivity contribution in [2.45, 2.75) is 44.9 Å². The van der Waals surface area contributed by atoms with Crippen molar-refractivity contribution in [3.63, 3.8) is 0 Å². The molecule has 0 saturated carbocycles. The summed E-state index contributed by atoms with van der Waals surface area (Å²) in [6.07, 6.45) is 3.28. The summed E-state index contributed by atoms with van der Waals surface area (Å²) >= 11 is 0. The van der Waals surface area contributed by atoms with E-state index in [1.807, 2.05) is 13.0 Å². The van der Waals surface area contributed by atoms with E-state index >= 15 is 0 Å². The van der Waals surface area contributed by atoms with Gasteiger partial charge in [-0.2, -0.15) is 0 Å². The number of aromatic nitrogens is 1. The molecule has 0 unspecified atom stereocenters. The molecule has 1 aromatic carbocycles. The number of benzene rings is 1. The highest BCUT2D eigenvalue weighted by atomic mass is 32.2. The second-order valence-electron chi connectivity index (χ2n) is 7.59. The Kier molecular flexibility index (Phi) is 6.34. The van der Waals surface area contributed by atoms with Crippen LogP contribution in [0.5, 0.6) is 0 Å². The van der Waals surface area contributed by atoms with Crippen LogP contribution in [0.1, 0.15) is 37.4 Å². The van der Waals surface area contributed by atoms with Crippen LogP contribution in [0.3, 0.4) is 0 Å². The highest BCUT2D eigenvalue weighted by Gasteiger charge is 2.19. The van der Waals surface area contributed by atoms with Gasteiger partial charge < -0.3 is 9.42 Å². The first-order valence-electron chi connectivity index (χ1n) is 9.61. The summed E-state index contributed by atoms with van der Waals surface area (Å²) in [5.74, 6) is 1.38. The first kappa shape index (κ1) is 20.0. The van der Waals surface area contributed by atoms with E-state index in [0.717, 1.165) is 37.7 Å². The second-order valence-corrected chi connectivity index (χ2v) is 9.32. The van der Waals surface area contributed by atoms with Crippen molar-refractivity contribution in [1.82, 2.24) is 14.8 Å². The normalized spacial score (nSPS) is 16.7. The maximum Gasteiger partial charge on any atom is 0.240 e. The Morgan fingerprint density at radius 1 is 1.22 bits per heavy atom. The van der Waals surface area contributed by atoms with Gasteiger partial charge in [0.1, 0.15) is 0 Å². The molecule has 1 aliphatic rings. The molecule has 27 heavy (non-hydrogen) atoms. The summed E-state index contributed by atoms with van der Waals surface area (Å²) in [6, 6.07) is 7.11. The van der Waals surface area contributed by atoms with Gasteiger partial charge in [0.25, 0.3) is 0 Å². The van der Waals surface area contributed by atoms with Crippen LogP contribution in [0.4, 0.5) is 0 Å². The van der Waals surface area contributed by atoms with E-state index in [4.69, 9.17) is 4.52 Å². The summed E-state index contributed by atoms with van der Waals surface area (Å²) in [5.41, 5.74) is 2.19. The number of nitrogens with one attached hydrogen (secondary N) is 1. The first-order valence-corrected chi connectivity index (χ1v) is 11.1. The quantitative estimate of drug-likeness (QED) is 0.733. The molecule has 0 spiro atoms. The molecule has 6 nitrogen and oxygen atoms in total. The van der Waals surface area contributed by atoms with Gasteiger partial charge in [0, 0.05) is 18.2 Å². The molecule has 2 aromatic rings. The van der Waals surface area contributed by atoms with Crippen LogP contribution < -0.4 is 4.72 Å². The van der Waals surface area contributed by atoms with Gasteiger partial charge in [0.15, 0.2) is 5.76 Å². The highest BCUT2D eigenvalue weighted by Crippen LogP contribution is 2.25. The summed E-state index contributed by atoms with van der Waals surface area (Å²) < 4.78 is 33.5. The molecule has 2 heterocycles. The molecule has 148 valence electrons. The monoisotopic (exact) mass is 391 g/mol. The van der Waals surface area contributed by atoms with Gasteiger partial charge in [-0.15, -0.1) is 0 Å². The maximum atomic E-state index is 12.8.